The van der Waals surface area contributed by atoms with Gasteiger partial charge in [0.2, 0.25) is 0 Å². The van der Waals surface area contributed by atoms with Crippen molar-refractivity contribution in [2.75, 3.05) is 0 Å². The minimum atomic E-state index is 0.296. The number of Topliss-reactive ketones (excluding diaryl/α,β-unsaturated/α-hetero) is 2. The molecule has 0 aromatic carbocycles. The van der Waals surface area contributed by atoms with E-state index in [4.69, 9.17) is 0 Å². The molecule has 3 rings (SSSR count). The van der Waals surface area contributed by atoms with E-state index >= 15 is 0 Å². The van der Waals surface area contributed by atoms with Crippen molar-refractivity contribution in [3.05, 3.63) is 0 Å². The zero-order valence-corrected chi connectivity index (χ0v) is 17.6. The van der Waals surface area contributed by atoms with Crippen molar-refractivity contribution >= 4 is 11.6 Å². The maximum Gasteiger partial charge on any atom is 0.135 e. The summed E-state index contributed by atoms with van der Waals surface area (Å²) in [4.78, 5) is 25.3. The molecule has 3 unspecified atom stereocenters. The first-order chi connectivity index (χ1) is 13.2. The third kappa shape index (κ3) is 6.71. The fraction of sp³-hybridized carbons (Fsp3) is 0.920. The summed E-state index contributed by atoms with van der Waals surface area (Å²) in [5.41, 5.74) is 0. The van der Waals surface area contributed by atoms with Crippen molar-refractivity contribution in [1.82, 2.24) is 0 Å². The molecule has 154 valence electrons. The Bertz CT molecular complexity index is 461. The molecule has 2 heteroatoms. The maximum absolute atomic E-state index is 12.8. The molecule has 2 nitrogen and oxygen atoms in total. The Morgan fingerprint density at radius 1 is 0.481 bits per heavy atom. The van der Waals surface area contributed by atoms with E-state index in [1.165, 1.54) is 77.0 Å². The van der Waals surface area contributed by atoms with Crippen LogP contribution in [0.1, 0.15) is 122 Å². The number of hydrogen-bond acceptors (Lipinski definition) is 2. The van der Waals surface area contributed by atoms with Crippen molar-refractivity contribution in [2.45, 2.75) is 122 Å². The van der Waals surface area contributed by atoms with Crippen molar-refractivity contribution in [3.8, 4) is 0 Å². The number of fused-ring (bicyclic) bond motifs is 1. The lowest BCUT2D eigenvalue weighted by molar-refractivity contribution is -0.125. The molecule has 0 bridgehead atoms. The van der Waals surface area contributed by atoms with Gasteiger partial charge in [-0.1, -0.05) is 70.6 Å². The van der Waals surface area contributed by atoms with Crippen LogP contribution in [-0.2, 0) is 9.59 Å². The van der Waals surface area contributed by atoms with Crippen LogP contribution in [0.5, 0.6) is 0 Å². The summed E-state index contributed by atoms with van der Waals surface area (Å²) in [5.74, 6) is 3.36. The van der Waals surface area contributed by atoms with Gasteiger partial charge in [-0.3, -0.25) is 9.59 Å². The van der Waals surface area contributed by atoms with E-state index in [1.54, 1.807) is 0 Å². The van der Waals surface area contributed by atoms with Crippen molar-refractivity contribution in [2.24, 2.45) is 23.7 Å². The van der Waals surface area contributed by atoms with E-state index < -0.39 is 0 Å². The topological polar surface area (TPSA) is 34.1 Å². The highest BCUT2D eigenvalue weighted by Crippen LogP contribution is 2.40. The van der Waals surface area contributed by atoms with Gasteiger partial charge in [-0.05, 0) is 50.4 Å². The molecule has 3 aliphatic carbocycles. The zero-order chi connectivity index (χ0) is 18.9. The molecule has 3 saturated carbocycles. The quantitative estimate of drug-likeness (QED) is 0.499. The molecular formula is C25H42O2. The van der Waals surface area contributed by atoms with Gasteiger partial charge in [0.15, 0.2) is 0 Å². The van der Waals surface area contributed by atoms with Crippen molar-refractivity contribution < 1.29 is 9.59 Å². The summed E-state index contributed by atoms with van der Waals surface area (Å²) >= 11 is 0. The first-order valence-corrected chi connectivity index (χ1v) is 12.3. The van der Waals surface area contributed by atoms with Gasteiger partial charge in [-0.25, -0.2) is 0 Å². The van der Waals surface area contributed by atoms with Crippen LogP contribution in [0, 0.1) is 23.7 Å². The second-order valence-electron chi connectivity index (χ2n) is 9.84. The Labute approximate surface area is 167 Å². The lowest BCUT2D eigenvalue weighted by atomic mass is 9.71. The van der Waals surface area contributed by atoms with E-state index in [1.807, 2.05) is 0 Å². The van der Waals surface area contributed by atoms with Gasteiger partial charge in [0.25, 0.3) is 0 Å². The van der Waals surface area contributed by atoms with E-state index in [2.05, 4.69) is 0 Å². The number of rotatable bonds is 6. The van der Waals surface area contributed by atoms with E-state index in [0.717, 1.165) is 43.9 Å². The second-order valence-corrected chi connectivity index (χ2v) is 9.84. The molecule has 0 aromatic heterocycles. The summed E-state index contributed by atoms with van der Waals surface area (Å²) in [6.45, 7) is 0. The smallest absolute Gasteiger partial charge is 0.135 e. The lowest BCUT2D eigenvalue weighted by Gasteiger charge is -2.35. The molecule has 3 fully saturated rings. The van der Waals surface area contributed by atoms with Gasteiger partial charge >= 0.3 is 0 Å². The third-order valence-electron chi connectivity index (χ3n) is 7.94. The van der Waals surface area contributed by atoms with Gasteiger partial charge < -0.3 is 0 Å². The average Bonchev–Trinajstić information content (AvgIpc) is 2.62. The van der Waals surface area contributed by atoms with E-state index in [-0.39, 0.29) is 0 Å². The fourth-order valence-corrected chi connectivity index (χ4v) is 6.18. The molecular weight excluding hydrogens is 332 g/mol. The Balaban J connectivity index is 1.37. The Morgan fingerprint density at radius 3 is 1.59 bits per heavy atom. The maximum atomic E-state index is 12.8. The molecule has 0 aromatic rings. The highest BCUT2D eigenvalue weighted by molar-refractivity contribution is 5.83. The van der Waals surface area contributed by atoms with Gasteiger partial charge in [0.1, 0.15) is 11.6 Å². The van der Waals surface area contributed by atoms with Crippen molar-refractivity contribution in [1.29, 1.82) is 0 Å². The Hall–Kier alpha value is -0.660. The highest BCUT2D eigenvalue weighted by Gasteiger charge is 2.29. The minimum absolute atomic E-state index is 0.296. The lowest BCUT2D eigenvalue weighted by Crippen LogP contribution is -2.25. The third-order valence-corrected chi connectivity index (χ3v) is 7.94. The van der Waals surface area contributed by atoms with Crippen LogP contribution in [-0.4, -0.2) is 11.6 Å². The monoisotopic (exact) mass is 374 g/mol. The molecule has 0 saturated heterocycles. The average molecular weight is 375 g/mol. The van der Waals surface area contributed by atoms with E-state index in [9.17, 15) is 9.59 Å². The summed E-state index contributed by atoms with van der Waals surface area (Å²) < 4.78 is 0. The Kier molecular flexibility index (Phi) is 8.87. The minimum Gasteiger partial charge on any atom is -0.299 e. The standard InChI is InChI=1S/C25H42O2/c26-24(22-12-4-2-1-3-5-13-22)16-9-17-25(27)23-15-8-14-20-10-6-7-11-21(20)18-19-23/h20-23H,1-19H2. The van der Waals surface area contributed by atoms with Gasteiger partial charge in [-0.2, -0.15) is 0 Å². The summed E-state index contributed by atoms with van der Waals surface area (Å²) in [5, 5.41) is 0. The first-order valence-electron chi connectivity index (χ1n) is 12.3. The normalized spacial score (nSPS) is 31.0. The molecule has 0 amide bonds. The molecule has 27 heavy (non-hydrogen) atoms. The first kappa shape index (κ1) is 21.1. The van der Waals surface area contributed by atoms with E-state index in [0.29, 0.717) is 36.2 Å². The van der Waals surface area contributed by atoms with Gasteiger partial charge in [0.05, 0.1) is 0 Å². The molecule has 0 heterocycles. The van der Waals surface area contributed by atoms with Crippen LogP contribution in [0.15, 0.2) is 0 Å². The molecule has 0 spiro atoms. The number of ketones is 2. The summed E-state index contributed by atoms with van der Waals surface area (Å²) in [7, 11) is 0. The Morgan fingerprint density at radius 2 is 0.926 bits per heavy atom. The van der Waals surface area contributed by atoms with Crippen LogP contribution in [0.25, 0.3) is 0 Å². The van der Waals surface area contributed by atoms with Crippen LogP contribution < -0.4 is 0 Å². The summed E-state index contributed by atoms with van der Waals surface area (Å²) in [6, 6.07) is 0. The van der Waals surface area contributed by atoms with Crippen LogP contribution in [0.3, 0.4) is 0 Å². The number of hydrogen-bond donors (Lipinski definition) is 0. The zero-order valence-electron chi connectivity index (χ0n) is 17.6. The second kappa shape index (κ2) is 11.4. The highest BCUT2D eigenvalue weighted by atomic mass is 16.1. The number of carbonyl (C=O) groups excluding carboxylic acids is 2. The molecule has 0 radical (unpaired) electrons. The van der Waals surface area contributed by atoms with Crippen LogP contribution >= 0.6 is 0 Å². The predicted molar refractivity (Wildman–Crippen MR) is 112 cm³/mol. The predicted octanol–water partition coefficient (Wildman–Crippen LogP) is 7.04. The van der Waals surface area contributed by atoms with Gasteiger partial charge in [-0.15, -0.1) is 0 Å². The molecule has 3 atom stereocenters. The molecule has 3 aliphatic rings. The van der Waals surface area contributed by atoms with Crippen LogP contribution in [0.2, 0.25) is 0 Å². The number of carbonyl (C=O) groups is 2. The fourth-order valence-electron chi connectivity index (χ4n) is 6.18. The molecule has 0 N–H and O–H groups in total. The SMILES string of the molecule is O=C(CCCC(=O)C1CCCC2CCCCC2CC1)C1CCCCCCC1. The summed E-state index contributed by atoms with van der Waals surface area (Å²) in [6.07, 6.45) is 22.5. The van der Waals surface area contributed by atoms with Crippen LogP contribution in [0.4, 0.5) is 0 Å². The largest absolute Gasteiger partial charge is 0.299 e. The van der Waals surface area contributed by atoms with Gasteiger partial charge in [0, 0.05) is 24.7 Å². The van der Waals surface area contributed by atoms with Crippen molar-refractivity contribution in [3.63, 3.8) is 0 Å². The molecule has 0 aliphatic heterocycles.